The Hall–Kier alpha value is -1.06. The smallest absolute Gasteiger partial charge is 0.122 e. The highest BCUT2D eigenvalue weighted by Crippen LogP contribution is 2.54. The number of hydrogen-bond donors (Lipinski definition) is 0. The van der Waals surface area contributed by atoms with Crippen LogP contribution < -0.4 is 4.74 Å². The first-order valence-corrected chi connectivity index (χ1v) is 8.34. The minimum Gasteiger partial charge on any atom is -0.496 e. The van der Waals surface area contributed by atoms with Gasteiger partial charge in [0.1, 0.15) is 5.75 Å². The second-order valence-electron chi connectivity index (χ2n) is 7.98. The van der Waals surface area contributed by atoms with Crippen molar-refractivity contribution in [2.24, 2.45) is 11.8 Å². The predicted octanol–water partition coefficient (Wildman–Crippen LogP) is 4.02. The third kappa shape index (κ3) is 2.35. The maximum Gasteiger partial charge on any atom is 0.122 e. The normalized spacial score (nSPS) is 37.8. The quantitative estimate of drug-likeness (QED) is 0.823. The first-order chi connectivity index (χ1) is 10.3. The van der Waals surface area contributed by atoms with Gasteiger partial charge in [-0.25, -0.2) is 0 Å². The Morgan fingerprint density at radius 2 is 1.86 bits per heavy atom. The Kier molecular flexibility index (Phi) is 3.77. The Balaban J connectivity index is 2.00. The minimum absolute atomic E-state index is 0.0998. The second kappa shape index (κ2) is 5.24. The van der Waals surface area contributed by atoms with E-state index in [1.807, 2.05) is 0 Å². The molecule has 4 unspecified atom stereocenters. The molecule has 3 rings (SSSR count). The first kappa shape index (κ1) is 15.8. The molecule has 0 spiro atoms. The zero-order valence-corrected chi connectivity index (χ0v) is 14.7. The van der Waals surface area contributed by atoms with E-state index in [2.05, 4.69) is 64.1 Å². The molecule has 1 saturated carbocycles. The molecule has 0 amide bonds. The van der Waals surface area contributed by atoms with Crippen molar-refractivity contribution in [2.45, 2.75) is 57.6 Å². The summed E-state index contributed by atoms with van der Waals surface area (Å²) >= 11 is 0. The number of fused-ring (bicyclic) bond motifs is 1. The molecule has 1 heterocycles. The molecule has 0 bridgehead atoms. The van der Waals surface area contributed by atoms with Crippen LogP contribution in [0, 0.1) is 11.8 Å². The Morgan fingerprint density at radius 1 is 1.18 bits per heavy atom. The number of para-hydroxylation sites is 1. The van der Waals surface area contributed by atoms with Crippen molar-refractivity contribution in [2.75, 3.05) is 14.2 Å². The van der Waals surface area contributed by atoms with Crippen LogP contribution >= 0.6 is 0 Å². The molecule has 3 nitrogen and oxygen atoms in total. The fourth-order valence-electron chi connectivity index (χ4n) is 5.05. The van der Waals surface area contributed by atoms with E-state index in [9.17, 15) is 0 Å². The molecule has 2 fully saturated rings. The molecule has 2 aliphatic rings. The lowest BCUT2D eigenvalue weighted by Crippen LogP contribution is -2.48. The van der Waals surface area contributed by atoms with Crippen LogP contribution in [-0.2, 0) is 10.3 Å². The number of benzene rings is 1. The highest BCUT2D eigenvalue weighted by atomic mass is 16.7. The van der Waals surface area contributed by atoms with Gasteiger partial charge in [0.15, 0.2) is 0 Å². The van der Waals surface area contributed by atoms with E-state index in [4.69, 9.17) is 9.57 Å². The molecule has 0 aromatic heterocycles. The lowest BCUT2D eigenvalue weighted by Gasteiger charge is -2.46. The molecule has 0 radical (unpaired) electrons. The van der Waals surface area contributed by atoms with E-state index in [0.29, 0.717) is 17.9 Å². The van der Waals surface area contributed by atoms with Crippen LogP contribution in [0.25, 0.3) is 0 Å². The number of rotatable bonds is 2. The van der Waals surface area contributed by atoms with Gasteiger partial charge < -0.3 is 4.74 Å². The number of ether oxygens (including phenoxy) is 1. The largest absolute Gasteiger partial charge is 0.496 e. The average molecular weight is 303 g/mol. The third-order valence-electron chi connectivity index (χ3n) is 5.89. The van der Waals surface area contributed by atoms with E-state index < -0.39 is 0 Å². The molecule has 3 heteroatoms. The van der Waals surface area contributed by atoms with Crippen molar-refractivity contribution in [3.63, 3.8) is 0 Å². The van der Waals surface area contributed by atoms with Gasteiger partial charge in [-0.15, -0.1) is 0 Å². The molecule has 1 aliphatic carbocycles. The summed E-state index contributed by atoms with van der Waals surface area (Å²) in [7, 11) is 3.86. The molecule has 22 heavy (non-hydrogen) atoms. The average Bonchev–Trinajstić information content (AvgIpc) is 2.68. The fraction of sp³-hybridized carbons (Fsp3) is 0.684. The van der Waals surface area contributed by atoms with Gasteiger partial charge in [0, 0.05) is 24.6 Å². The second-order valence-corrected chi connectivity index (χ2v) is 7.98. The van der Waals surface area contributed by atoms with E-state index in [1.165, 1.54) is 12.0 Å². The first-order valence-electron chi connectivity index (χ1n) is 8.34. The van der Waals surface area contributed by atoms with Gasteiger partial charge >= 0.3 is 0 Å². The van der Waals surface area contributed by atoms with Crippen LogP contribution in [0.2, 0.25) is 0 Å². The van der Waals surface area contributed by atoms with E-state index >= 15 is 0 Å². The van der Waals surface area contributed by atoms with Crippen LogP contribution in [0.4, 0.5) is 0 Å². The van der Waals surface area contributed by atoms with Crippen molar-refractivity contribution >= 4 is 0 Å². The lowest BCUT2D eigenvalue weighted by molar-refractivity contribution is -0.182. The van der Waals surface area contributed by atoms with Crippen molar-refractivity contribution in [1.29, 1.82) is 0 Å². The SMILES string of the molecule is COc1ccccc1C1(C)CC(C)C2C(C1)C(C)(C)ON2C. The molecule has 4 atom stereocenters. The third-order valence-corrected chi connectivity index (χ3v) is 5.89. The van der Waals surface area contributed by atoms with Crippen molar-refractivity contribution in [1.82, 2.24) is 5.06 Å². The topological polar surface area (TPSA) is 21.7 Å². The molecule has 1 aliphatic heterocycles. The number of methoxy groups -OCH3 is 1. The Morgan fingerprint density at radius 3 is 2.55 bits per heavy atom. The summed E-state index contributed by atoms with van der Waals surface area (Å²) in [6.45, 7) is 9.22. The maximum atomic E-state index is 6.15. The van der Waals surface area contributed by atoms with Crippen LogP contribution in [0.15, 0.2) is 24.3 Å². The van der Waals surface area contributed by atoms with E-state index in [0.717, 1.165) is 12.2 Å². The van der Waals surface area contributed by atoms with Crippen molar-refractivity contribution < 1.29 is 9.57 Å². The molecule has 0 N–H and O–H groups in total. The Bertz CT molecular complexity index is 556. The Labute approximate surface area is 134 Å². The molecule has 1 aromatic rings. The van der Waals surface area contributed by atoms with E-state index in [-0.39, 0.29) is 11.0 Å². The highest BCUT2D eigenvalue weighted by molar-refractivity contribution is 5.40. The number of hydrogen-bond acceptors (Lipinski definition) is 3. The van der Waals surface area contributed by atoms with Gasteiger partial charge in [0.2, 0.25) is 0 Å². The zero-order valence-electron chi connectivity index (χ0n) is 14.7. The van der Waals surface area contributed by atoms with Gasteiger partial charge in [-0.1, -0.05) is 32.0 Å². The molecule has 1 aromatic carbocycles. The number of nitrogens with zero attached hydrogens (tertiary/aromatic N) is 1. The summed E-state index contributed by atoms with van der Waals surface area (Å²) in [6, 6.07) is 9.01. The summed E-state index contributed by atoms with van der Waals surface area (Å²) in [5, 5.41) is 2.11. The molecule has 1 saturated heterocycles. The summed E-state index contributed by atoms with van der Waals surface area (Å²) in [4.78, 5) is 6.15. The summed E-state index contributed by atoms with van der Waals surface area (Å²) in [6.07, 6.45) is 2.30. The summed E-state index contributed by atoms with van der Waals surface area (Å²) in [5.41, 5.74) is 1.38. The molecular formula is C19H29NO2. The number of hydroxylamine groups is 2. The lowest BCUT2D eigenvalue weighted by atomic mass is 9.59. The predicted molar refractivity (Wildman–Crippen MR) is 88.9 cm³/mol. The van der Waals surface area contributed by atoms with Crippen LogP contribution in [0.3, 0.4) is 0 Å². The summed E-state index contributed by atoms with van der Waals surface area (Å²) in [5.74, 6) is 2.15. The standard InChI is InChI=1S/C19H29NO2/c1-13-11-19(4,14-9-7-8-10-16(14)21-6)12-15-17(13)20(5)22-18(15,2)3/h7-10,13,15,17H,11-12H2,1-6H3. The zero-order chi connectivity index (χ0) is 16.1. The van der Waals surface area contributed by atoms with E-state index in [1.54, 1.807) is 7.11 Å². The molecule has 122 valence electrons. The van der Waals surface area contributed by atoms with Gasteiger partial charge in [0.25, 0.3) is 0 Å². The minimum atomic E-state index is -0.0998. The van der Waals surface area contributed by atoms with Crippen LogP contribution in [-0.4, -0.2) is 30.9 Å². The van der Waals surface area contributed by atoms with Crippen LogP contribution in [0.5, 0.6) is 5.75 Å². The van der Waals surface area contributed by atoms with Gasteiger partial charge in [-0.2, -0.15) is 5.06 Å². The van der Waals surface area contributed by atoms with Gasteiger partial charge in [0.05, 0.1) is 12.7 Å². The maximum absolute atomic E-state index is 6.15. The molecular weight excluding hydrogens is 274 g/mol. The highest BCUT2D eigenvalue weighted by Gasteiger charge is 2.55. The van der Waals surface area contributed by atoms with Gasteiger partial charge in [-0.05, 0) is 44.1 Å². The van der Waals surface area contributed by atoms with Gasteiger partial charge in [-0.3, -0.25) is 4.84 Å². The monoisotopic (exact) mass is 303 g/mol. The van der Waals surface area contributed by atoms with Crippen molar-refractivity contribution in [3.05, 3.63) is 29.8 Å². The fourth-order valence-corrected chi connectivity index (χ4v) is 5.05. The summed E-state index contributed by atoms with van der Waals surface area (Å²) < 4.78 is 5.64. The van der Waals surface area contributed by atoms with Crippen LogP contribution in [0.1, 0.15) is 46.1 Å². The van der Waals surface area contributed by atoms with Crippen molar-refractivity contribution in [3.8, 4) is 5.75 Å².